The minimum Gasteiger partial charge on any atom is -0.298 e. The molecule has 0 heterocycles. The van der Waals surface area contributed by atoms with Gasteiger partial charge in [0.1, 0.15) is 5.78 Å². The molecule has 2 unspecified atom stereocenters. The average Bonchev–Trinajstić information content (AvgIpc) is 2.63. The number of carbonyl (C=O) groups excluding carboxylic acids is 1. The van der Waals surface area contributed by atoms with Gasteiger partial charge in [0.2, 0.25) is 0 Å². The highest BCUT2D eigenvalue weighted by atomic mass is 35.5. The lowest BCUT2D eigenvalue weighted by atomic mass is 9.85. The SMILES string of the molecule is O=C(C(CSC(F)(F)F)c1ccc(Cl)cc1)C(CSC(F)(F)F)c1ccc(Cl)cc1. The van der Waals surface area contributed by atoms with Crippen molar-refractivity contribution in [3.63, 3.8) is 0 Å². The van der Waals surface area contributed by atoms with Crippen LogP contribution in [0, 0.1) is 0 Å². The van der Waals surface area contributed by atoms with Crippen molar-refractivity contribution in [3.8, 4) is 0 Å². The number of alkyl halides is 6. The van der Waals surface area contributed by atoms with Crippen molar-refractivity contribution in [1.29, 1.82) is 0 Å². The second-order valence-corrected chi connectivity index (χ2v) is 9.17. The van der Waals surface area contributed by atoms with Gasteiger partial charge >= 0.3 is 11.0 Å². The van der Waals surface area contributed by atoms with Gasteiger partial charge < -0.3 is 0 Å². The van der Waals surface area contributed by atoms with Crippen LogP contribution in [-0.4, -0.2) is 28.3 Å². The first-order chi connectivity index (χ1) is 13.9. The molecule has 0 aliphatic carbocycles. The summed E-state index contributed by atoms with van der Waals surface area (Å²) < 4.78 is 76.8. The Morgan fingerprint density at radius 2 is 1.00 bits per heavy atom. The van der Waals surface area contributed by atoms with Crippen LogP contribution in [-0.2, 0) is 4.79 Å². The van der Waals surface area contributed by atoms with Crippen molar-refractivity contribution < 1.29 is 31.1 Å². The average molecular weight is 507 g/mol. The Morgan fingerprint density at radius 3 is 1.27 bits per heavy atom. The summed E-state index contributed by atoms with van der Waals surface area (Å²) in [4.78, 5) is 13.2. The third-order valence-corrected chi connectivity index (χ3v) is 6.22. The van der Waals surface area contributed by atoms with Crippen LogP contribution in [0.4, 0.5) is 26.3 Å². The van der Waals surface area contributed by atoms with Gasteiger partial charge in [-0.3, -0.25) is 4.79 Å². The molecule has 2 atom stereocenters. The van der Waals surface area contributed by atoms with Gasteiger partial charge in [-0.1, -0.05) is 47.5 Å². The lowest BCUT2D eigenvalue weighted by Crippen LogP contribution is -2.26. The molecule has 0 aromatic heterocycles. The molecule has 2 rings (SSSR count). The smallest absolute Gasteiger partial charge is 0.298 e. The maximum atomic E-state index is 13.2. The van der Waals surface area contributed by atoms with Gasteiger partial charge in [0, 0.05) is 21.6 Å². The van der Waals surface area contributed by atoms with Crippen LogP contribution in [0.5, 0.6) is 0 Å². The van der Waals surface area contributed by atoms with E-state index in [1.54, 1.807) is 0 Å². The summed E-state index contributed by atoms with van der Waals surface area (Å²) >= 11 is 10.8. The Labute approximate surface area is 187 Å². The molecule has 0 radical (unpaired) electrons. The lowest BCUT2D eigenvalue weighted by Gasteiger charge is -2.24. The lowest BCUT2D eigenvalue weighted by molar-refractivity contribution is -0.121. The van der Waals surface area contributed by atoms with Crippen LogP contribution in [0.15, 0.2) is 48.5 Å². The van der Waals surface area contributed by atoms with Crippen LogP contribution in [0.1, 0.15) is 23.0 Å². The molecule has 0 N–H and O–H groups in total. The van der Waals surface area contributed by atoms with E-state index in [0.717, 1.165) is 0 Å². The zero-order chi connectivity index (χ0) is 22.5. The predicted octanol–water partition coefficient (Wildman–Crippen LogP) is 7.94. The summed E-state index contributed by atoms with van der Waals surface area (Å²) in [6.07, 6.45) is 0. The van der Waals surface area contributed by atoms with Crippen molar-refractivity contribution in [2.45, 2.75) is 22.9 Å². The highest BCUT2D eigenvalue weighted by molar-refractivity contribution is 8.00. The summed E-state index contributed by atoms with van der Waals surface area (Å²) in [7, 11) is 0. The van der Waals surface area contributed by atoms with Crippen LogP contribution in [0.25, 0.3) is 0 Å². The highest BCUT2D eigenvalue weighted by Crippen LogP contribution is 2.40. The van der Waals surface area contributed by atoms with E-state index in [1.807, 2.05) is 0 Å². The molecule has 30 heavy (non-hydrogen) atoms. The number of carbonyl (C=O) groups is 1. The van der Waals surface area contributed by atoms with E-state index in [0.29, 0.717) is 10.0 Å². The number of rotatable bonds is 8. The van der Waals surface area contributed by atoms with Crippen molar-refractivity contribution in [2.24, 2.45) is 0 Å². The second kappa shape index (κ2) is 10.5. The van der Waals surface area contributed by atoms with Crippen molar-refractivity contribution in [1.82, 2.24) is 0 Å². The van der Waals surface area contributed by atoms with E-state index < -0.39 is 63.7 Å². The van der Waals surface area contributed by atoms with E-state index >= 15 is 0 Å². The Kier molecular flexibility index (Phi) is 8.85. The number of hydrogen-bond acceptors (Lipinski definition) is 3. The molecule has 0 fully saturated rings. The molecule has 0 aliphatic heterocycles. The first kappa shape index (κ1) is 25.2. The molecule has 2 aromatic rings. The molecule has 2 aromatic carbocycles. The van der Waals surface area contributed by atoms with Crippen molar-refractivity contribution >= 4 is 52.5 Å². The van der Waals surface area contributed by atoms with E-state index in [-0.39, 0.29) is 11.1 Å². The molecule has 1 nitrogen and oxygen atoms in total. The highest BCUT2D eigenvalue weighted by Gasteiger charge is 2.37. The van der Waals surface area contributed by atoms with Gasteiger partial charge in [-0.05, 0) is 58.9 Å². The van der Waals surface area contributed by atoms with Crippen molar-refractivity contribution in [2.75, 3.05) is 11.5 Å². The third kappa shape index (κ3) is 8.24. The molecule has 164 valence electrons. The number of ketones is 1. The van der Waals surface area contributed by atoms with E-state index in [1.165, 1.54) is 48.5 Å². The van der Waals surface area contributed by atoms with Crippen LogP contribution < -0.4 is 0 Å². The largest absolute Gasteiger partial charge is 0.441 e. The molecule has 0 saturated carbocycles. The molecular formula is C19H14Cl2F6OS2. The Morgan fingerprint density at radius 1 is 0.700 bits per heavy atom. The molecule has 0 saturated heterocycles. The van der Waals surface area contributed by atoms with Gasteiger partial charge in [0.25, 0.3) is 0 Å². The topological polar surface area (TPSA) is 17.1 Å². The minimum absolute atomic E-state index is 0.247. The standard InChI is InChI=1S/C19H14Cl2F6OS2/c20-13-5-1-11(2-6-13)15(9-29-18(22,23)24)17(28)16(10-30-19(25,26)27)12-3-7-14(21)8-4-12/h1-8,15-16H,9-10H2. The fraction of sp³-hybridized carbons (Fsp3) is 0.316. The molecule has 0 aliphatic rings. The monoisotopic (exact) mass is 506 g/mol. The normalized spacial score (nSPS) is 14.4. The zero-order valence-corrected chi connectivity index (χ0v) is 18.1. The maximum Gasteiger partial charge on any atom is 0.441 e. The summed E-state index contributed by atoms with van der Waals surface area (Å²) in [5, 5.41) is 0.630. The minimum atomic E-state index is -4.60. The fourth-order valence-corrected chi connectivity index (χ4v) is 4.35. The van der Waals surface area contributed by atoms with E-state index in [2.05, 4.69) is 0 Å². The Bertz CT molecular complexity index is 769. The first-order valence-corrected chi connectivity index (χ1v) is 11.0. The zero-order valence-electron chi connectivity index (χ0n) is 14.9. The second-order valence-electron chi connectivity index (χ2n) is 6.12. The number of hydrogen-bond donors (Lipinski definition) is 0. The molecule has 0 bridgehead atoms. The van der Waals surface area contributed by atoms with Crippen LogP contribution >= 0.6 is 46.7 Å². The number of thioether (sulfide) groups is 2. The van der Waals surface area contributed by atoms with Gasteiger partial charge in [-0.15, -0.1) is 0 Å². The van der Waals surface area contributed by atoms with Gasteiger partial charge in [0.15, 0.2) is 0 Å². The number of Topliss-reactive ketones (excluding diaryl/α,β-unsaturated/α-hetero) is 1. The number of halogens is 8. The Hall–Kier alpha value is -1.03. The van der Waals surface area contributed by atoms with Crippen LogP contribution in [0.2, 0.25) is 10.0 Å². The summed E-state index contributed by atoms with van der Waals surface area (Å²) in [5.41, 5.74) is -8.70. The fourth-order valence-electron chi connectivity index (χ4n) is 2.67. The summed E-state index contributed by atoms with van der Waals surface area (Å²) in [6, 6.07) is 11.3. The van der Waals surface area contributed by atoms with Gasteiger partial charge in [-0.2, -0.15) is 26.3 Å². The molecule has 0 spiro atoms. The van der Waals surface area contributed by atoms with Crippen molar-refractivity contribution in [3.05, 3.63) is 69.7 Å². The quantitative estimate of drug-likeness (QED) is 0.338. The predicted molar refractivity (Wildman–Crippen MR) is 110 cm³/mol. The van der Waals surface area contributed by atoms with Gasteiger partial charge in [-0.25, -0.2) is 0 Å². The van der Waals surface area contributed by atoms with Gasteiger partial charge in [0.05, 0.1) is 11.8 Å². The summed E-state index contributed by atoms with van der Waals surface area (Å²) in [6.45, 7) is 0. The van der Waals surface area contributed by atoms with Crippen LogP contribution in [0.3, 0.4) is 0 Å². The number of benzene rings is 2. The summed E-state index contributed by atoms with van der Waals surface area (Å²) in [5.74, 6) is -4.62. The maximum absolute atomic E-state index is 13.2. The molecule has 0 amide bonds. The third-order valence-electron chi connectivity index (χ3n) is 4.06. The first-order valence-electron chi connectivity index (χ1n) is 8.32. The van der Waals surface area contributed by atoms with E-state index in [9.17, 15) is 31.1 Å². The van der Waals surface area contributed by atoms with E-state index in [4.69, 9.17) is 23.2 Å². The molecular weight excluding hydrogens is 493 g/mol. The molecule has 11 heteroatoms. The Balaban J connectivity index is 2.40.